The van der Waals surface area contributed by atoms with Gasteiger partial charge in [-0.2, -0.15) is 26.3 Å². The van der Waals surface area contributed by atoms with Crippen molar-refractivity contribution in [1.29, 1.82) is 0 Å². The van der Waals surface area contributed by atoms with E-state index < -0.39 is 41.4 Å². The van der Waals surface area contributed by atoms with Crippen molar-refractivity contribution in [2.24, 2.45) is 11.7 Å². The van der Waals surface area contributed by atoms with E-state index in [4.69, 9.17) is 5.73 Å². The maximum Gasteiger partial charge on any atom is 0.417 e. The van der Waals surface area contributed by atoms with Crippen molar-refractivity contribution in [1.82, 2.24) is 0 Å². The van der Waals surface area contributed by atoms with Gasteiger partial charge in [-0.3, -0.25) is 4.79 Å². The van der Waals surface area contributed by atoms with E-state index in [0.29, 0.717) is 12.1 Å². The minimum absolute atomic E-state index is 0.0879. The summed E-state index contributed by atoms with van der Waals surface area (Å²) in [5.41, 5.74) is 2.25. The number of nitrogens with two attached hydrogens (primary N) is 1. The van der Waals surface area contributed by atoms with Crippen LogP contribution in [0, 0.1) is 5.92 Å². The van der Waals surface area contributed by atoms with Crippen molar-refractivity contribution >= 4 is 5.97 Å². The lowest BCUT2D eigenvalue weighted by Crippen LogP contribution is -2.34. The molecule has 3 atom stereocenters. The number of carbonyl (C=O) groups excluding carboxylic acids is 1. The molecule has 0 bridgehead atoms. The third-order valence-corrected chi connectivity index (χ3v) is 4.16. The van der Waals surface area contributed by atoms with Gasteiger partial charge in [-0.25, -0.2) is 0 Å². The first-order chi connectivity index (χ1) is 11.3. The average molecular weight is 371 g/mol. The van der Waals surface area contributed by atoms with E-state index in [1.54, 1.807) is 13.8 Å². The Hall–Kier alpha value is -1.77. The Bertz CT molecular complexity index is 612. The molecule has 0 saturated carbocycles. The van der Waals surface area contributed by atoms with E-state index >= 15 is 0 Å². The summed E-state index contributed by atoms with van der Waals surface area (Å²) in [4.78, 5) is 11.3. The molecule has 25 heavy (non-hydrogen) atoms. The third-order valence-electron chi connectivity index (χ3n) is 4.16. The van der Waals surface area contributed by atoms with Crippen LogP contribution in [0.3, 0.4) is 0 Å². The summed E-state index contributed by atoms with van der Waals surface area (Å²) >= 11 is 0. The fraction of sp³-hybridized carbons (Fsp3) is 0.562. The Kier molecular flexibility index (Phi) is 6.50. The smallest absolute Gasteiger partial charge is 0.417 e. The molecule has 3 unspecified atom stereocenters. The summed E-state index contributed by atoms with van der Waals surface area (Å²) in [5.74, 6) is -1.56. The molecule has 0 fully saturated rings. The van der Waals surface area contributed by atoms with Gasteiger partial charge in [-0.15, -0.1) is 0 Å². The lowest BCUT2D eigenvalue weighted by atomic mass is 9.83. The predicted molar refractivity (Wildman–Crippen MR) is 78.6 cm³/mol. The van der Waals surface area contributed by atoms with Gasteiger partial charge in [0, 0.05) is 0 Å². The summed E-state index contributed by atoms with van der Waals surface area (Å²) in [6, 6.07) is 0.997. The monoisotopic (exact) mass is 371 g/mol. The topological polar surface area (TPSA) is 52.3 Å². The quantitative estimate of drug-likeness (QED) is 0.618. The van der Waals surface area contributed by atoms with Crippen LogP contribution in [0.15, 0.2) is 18.2 Å². The fourth-order valence-corrected chi connectivity index (χ4v) is 2.51. The molecule has 0 heterocycles. The van der Waals surface area contributed by atoms with E-state index in [2.05, 4.69) is 4.74 Å². The molecule has 0 aliphatic carbocycles. The fourth-order valence-electron chi connectivity index (χ4n) is 2.51. The minimum atomic E-state index is -5.13. The lowest BCUT2D eigenvalue weighted by Gasteiger charge is -2.24. The van der Waals surface area contributed by atoms with E-state index in [1.807, 2.05) is 0 Å². The van der Waals surface area contributed by atoms with Gasteiger partial charge in [-0.1, -0.05) is 19.9 Å². The molecule has 0 saturated heterocycles. The van der Waals surface area contributed by atoms with Gasteiger partial charge in [0.25, 0.3) is 0 Å². The molecule has 0 amide bonds. The second-order valence-corrected chi connectivity index (χ2v) is 5.93. The number of esters is 1. The van der Waals surface area contributed by atoms with Crippen LogP contribution >= 0.6 is 0 Å². The molecule has 1 rings (SSSR count). The molecule has 1 aromatic carbocycles. The van der Waals surface area contributed by atoms with E-state index in [-0.39, 0.29) is 17.9 Å². The van der Waals surface area contributed by atoms with Gasteiger partial charge in [0.05, 0.1) is 18.2 Å². The Morgan fingerprint density at radius 3 is 2.04 bits per heavy atom. The molecule has 1 aromatic rings. The number of hydrogen-bond donors (Lipinski definition) is 1. The standard InChI is InChI=1S/C16H19F6NO2/c1-8(6-13(23)14(24)25-3)9(2)10-4-5-11(15(17,18)19)12(7-10)16(20,21)22/h4-5,7-9,13H,6,23H2,1-3H3. The van der Waals surface area contributed by atoms with Gasteiger partial charge < -0.3 is 10.5 Å². The van der Waals surface area contributed by atoms with Crippen molar-refractivity contribution in [3.05, 3.63) is 34.9 Å². The minimum Gasteiger partial charge on any atom is -0.468 e. The van der Waals surface area contributed by atoms with Crippen molar-refractivity contribution in [3.63, 3.8) is 0 Å². The number of hydrogen-bond acceptors (Lipinski definition) is 3. The molecule has 142 valence electrons. The number of carbonyl (C=O) groups is 1. The zero-order chi connectivity index (χ0) is 19.6. The van der Waals surface area contributed by atoms with Crippen molar-refractivity contribution in [2.75, 3.05) is 7.11 Å². The van der Waals surface area contributed by atoms with Gasteiger partial charge in [0.1, 0.15) is 6.04 Å². The van der Waals surface area contributed by atoms with Crippen LogP contribution < -0.4 is 5.73 Å². The molecule has 0 spiro atoms. The Morgan fingerprint density at radius 1 is 1.08 bits per heavy atom. The second kappa shape index (κ2) is 7.63. The molecular formula is C16H19F6NO2. The first kappa shape index (κ1) is 21.3. The van der Waals surface area contributed by atoms with Gasteiger partial charge in [0.2, 0.25) is 0 Å². The Labute approximate surface area is 141 Å². The Balaban J connectivity index is 3.15. The van der Waals surface area contributed by atoms with Gasteiger partial charge in [0.15, 0.2) is 0 Å². The SMILES string of the molecule is COC(=O)C(N)CC(C)C(C)c1ccc(C(F)(F)F)c(C(F)(F)F)c1. The second-order valence-electron chi connectivity index (χ2n) is 5.93. The highest BCUT2D eigenvalue weighted by molar-refractivity contribution is 5.75. The highest BCUT2D eigenvalue weighted by Gasteiger charge is 2.43. The first-order valence-electron chi connectivity index (χ1n) is 7.40. The molecule has 9 heteroatoms. The highest BCUT2D eigenvalue weighted by atomic mass is 19.4. The predicted octanol–water partition coefficient (Wildman–Crippen LogP) is 4.35. The summed E-state index contributed by atoms with van der Waals surface area (Å²) in [5, 5.41) is 0. The van der Waals surface area contributed by atoms with Gasteiger partial charge in [-0.05, 0) is 36.0 Å². The summed E-state index contributed by atoms with van der Waals surface area (Å²) < 4.78 is 81.9. The van der Waals surface area contributed by atoms with Crippen LogP contribution in [0.1, 0.15) is 42.9 Å². The number of methoxy groups -OCH3 is 1. The molecular weight excluding hydrogens is 352 g/mol. The van der Waals surface area contributed by atoms with Crippen molar-refractivity contribution < 1.29 is 35.9 Å². The van der Waals surface area contributed by atoms with E-state index in [0.717, 1.165) is 13.2 Å². The molecule has 0 radical (unpaired) electrons. The molecule has 0 aromatic heterocycles. The van der Waals surface area contributed by atoms with E-state index in [1.165, 1.54) is 0 Å². The normalized spacial score (nSPS) is 16.2. The van der Waals surface area contributed by atoms with Crippen LogP contribution in [0.5, 0.6) is 0 Å². The van der Waals surface area contributed by atoms with Crippen LogP contribution in [0.25, 0.3) is 0 Å². The zero-order valence-electron chi connectivity index (χ0n) is 13.8. The lowest BCUT2D eigenvalue weighted by molar-refractivity contribution is -0.162. The summed E-state index contributed by atoms with van der Waals surface area (Å²) in [6.45, 7) is 3.22. The van der Waals surface area contributed by atoms with Crippen molar-refractivity contribution in [3.8, 4) is 0 Å². The number of halogens is 6. The van der Waals surface area contributed by atoms with Crippen LogP contribution in [-0.4, -0.2) is 19.1 Å². The zero-order valence-corrected chi connectivity index (χ0v) is 13.8. The number of ether oxygens (including phenoxy) is 1. The van der Waals surface area contributed by atoms with Crippen LogP contribution in [-0.2, 0) is 21.9 Å². The average Bonchev–Trinajstić information content (AvgIpc) is 2.50. The maximum atomic E-state index is 13.0. The highest BCUT2D eigenvalue weighted by Crippen LogP contribution is 2.42. The number of benzene rings is 1. The Morgan fingerprint density at radius 2 is 1.60 bits per heavy atom. The van der Waals surface area contributed by atoms with Crippen LogP contribution in [0.4, 0.5) is 26.3 Å². The van der Waals surface area contributed by atoms with Crippen LogP contribution in [0.2, 0.25) is 0 Å². The van der Waals surface area contributed by atoms with E-state index in [9.17, 15) is 31.1 Å². The van der Waals surface area contributed by atoms with Crippen molar-refractivity contribution in [2.45, 2.75) is 44.6 Å². The first-order valence-corrected chi connectivity index (χ1v) is 7.40. The number of rotatable bonds is 5. The molecule has 0 aliphatic heterocycles. The summed E-state index contributed by atoms with van der Waals surface area (Å²) in [6.07, 6.45) is -10.1. The van der Waals surface area contributed by atoms with Gasteiger partial charge >= 0.3 is 18.3 Å². The molecule has 0 aliphatic rings. The third kappa shape index (κ3) is 5.35. The molecule has 2 N–H and O–H groups in total. The molecule has 3 nitrogen and oxygen atoms in total. The summed E-state index contributed by atoms with van der Waals surface area (Å²) in [7, 11) is 1.15. The number of alkyl halides is 6. The largest absolute Gasteiger partial charge is 0.468 e. The maximum absolute atomic E-state index is 13.0.